The topological polar surface area (TPSA) is 69.2 Å². The molecule has 138 valence electrons. The van der Waals surface area contributed by atoms with E-state index >= 15 is 0 Å². The van der Waals surface area contributed by atoms with E-state index in [-0.39, 0.29) is 5.91 Å². The highest BCUT2D eigenvalue weighted by molar-refractivity contribution is 5.95. The molecule has 6 heteroatoms. The highest BCUT2D eigenvalue weighted by atomic mass is 16.5. The van der Waals surface area contributed by atoms with Crippen LogP contribution in [0.1, 0.15) is 41.3 Å². The van der Waals surface area contributed by atoms with Crippen molar-refractivity contribution in [3.8, 4) is 17.2 Å². The van der Waals surface area contributed by atoms with Crippen molar-refractivity contribution in [1.29, 1.82) is 0 Å². The molecular weight excluding hydrogens is 332 g/mol. The van der Waals surface area contributed by atoms with Gasteiger partial charge in [0, 0.05) is 11.1 Å². The number of hydrogen-bond acceptors (Lipinski definition) is 5. The van der Waals surface area contributed by atoms with Gasteiger partial charge in [0.05, 0.1) is 27.5 Å². The minimum absolute atomic E-state index is 0.281. The fourth-order valence-corrected chi connectivity index (χ4v) is 2.47. The molecular formula is C20H24N2O4. The van der Waals surface area contributed by atoms with Crippen LogP contribution in [0.3, 0.4) is 0 Å². The number of methoxy groups -OCH3 is 3. The number of nitrogens with zero attached hydrogens (tertiary/aromatic N) is 1. The maximum absolute atomic E-state index is 12.2. The van der Waals surface area contributed by atoms with Gasteiger partial charge in [0.1, 0.15) is 0 Å². The van der Waals surface area contributed by atoms with Crippen LogP contribution in [0.25, 0.3) is 0 Å². The zero-order valence-electron chi connectivity index (χ0n) is 15.7. The monoisotopic (exact) mass is 356 g/mol. The maximum atomic E-state index is 12.2. The molecule has 0 saturated carbocycles. The predicted octanol–water partition coefficient (Wildman–Crippen LogP) is 3.60. The fourth-order valence-electron chi connectivity index (χ4n) is 2.47. The van der Waals surface area contributed by atoms with E-state index in [0.29, 0.717) is 34.3 Å². The second-order valence-corrected chi connectivity index (χ2v) is 5.90. The Kier molecular flexibility index (Phi) is 6.60. The number of hydrogen-bond donors (Lipinski definition) is 1. The molecule has 1 N–H and O–H groups in total. The van der Waals surface area contributed by atoms with Gasteiger partial charge in [0.15, 0.2) is 11.5 Å². The van der Waals surface area contributed by atoms with Crippen molar-refractivity contribution >= 4 is 12.1 Å². The summed E-state index contributed by atoms with van der Waals surface area (Å²) < 4.78 is 15.9. The fraction of sp³-hybridized carbons (Fsp3) is 0.300. The third kappa shape index (κ3) is 4.33. The number of rotatable bonds is 7. The zero-order chi connectivity index (χ0) is 19.1. The summed E-state index contributed by atoms with van der Waals surface area (Å²) >= 11 is 0. The van der Waals surface area contributed by atoms with Gasteiger partial charge < -0.3 is 14.2 Å². The lowest BCUT2D eigenvalue weighted by atomic mass is 10.0. The van der Waals surface area contributed by atoms with Crippen LogP contribution in [0.2, 0.25) is 0 Å². The summed E-state index contributed by atoms with van der Waals surface area (Å²) in [6.07, 6.45) is 1.50. The van der Waals surface area contributed by atoms with E-state index in [1.165, 1.54) is 26.0 Å². The molecule has 0 radical (unpaired) electrons. The number of benzene rings is 2. The quantitative estimate of drug-likeness (QED) is 0.608. The Hall–Kier alpha value is -3.02. The van der Waals surface area contributed by atoms with Crippen LogP contribution in [0, 0.1) is 0 Å². The van der Waals surface area contributed by atoms with E-state index in [0.717, 1.165) is 0 Å². The zero-order valence-corrected chi connectivity index (χ0v) is 15.7. The molecule has 2 aromatic carbocycles. The average molecular weight is 356 g/mol. The van der Waals surface area contributed by atoms with Gasteiger partial charge in [-0.1, -0.05) is 26.0 Å². The Bertz CT molecular complexity index is 783. The van der Waals surface area contributed by atoms with Gasteiger partial charge in [-0.25, -0.2) is 5.43 Å². The van der Waals surface area contributed by atoms with Gasteiger partial charge in [0.25, 0.3) is 5.91 Å². The first-order chi connectivity index (χ1) is 12.5. The third-order valence-corrected chi connectivity index (χ3v) is 3.94. The summed E-state index contributed by atoms with van der Waals surface area (Å²) in [5.74, 6) is 1.63. The Labute approximate surface area is 153 Å². The van der Waals surface area contributed by atoms with Crippen LogP contribution < -0.4 is 19.6 Å². The van der Waals surface area contributed by atoms with Crippen LogP contribution >= 0.6 is 0 Å². The highest BCUT2D eigenvalue weighted by Crippen LogP contribution is 2.38. The van der Waals surface area contributed by atoms with Crippen molar-refractivity contribution in [1.82, 2.24) is 5.43 Å². The van der Waals surface area contributed by atoms with E-state index in [2.05, 4.69) is 24.4 Å². The first-order valence-electron chi connectivity index (χ1n) is 8.24. The lowest BCUT2D eigenvalue weighted by Crippen LogP contribution is -2.17. The van der Waals surface area contributed by atoms with E-state index in [4.69, 9.17) is 14.2 Å². The van der Waals surface area contributed by atoms with Gasteiger partial charge in [-0.3, -0.25) is 4.79 Å². The molecule has 0 fully saturated rings. The number of carbonyl (C=O) groups is 1. The normalized spacial score (nSPS) is 10.8. The summed E-state index contributed by atoms with van der Waals surface area (Å²) in [4.78, 5) is 12.2. The first-order valence-corrected chi connectivity index (χ1v) is 8.24. The van der Waals surface area contributed by atoms with Crippen molar-refractivity contribution in [3.05, 3.63) is 53.1 Å². The number of nitrogens with one attached hydrogen (secondary N) is 1. The second kappa shape index (κ2) is 8.89. The predicted molar refractivity (Wildman–Crippen MR) is 102 cm³/mol. The van der Waals surface area contributed by atoms with Crippen LogP contribution in [-0.2, 0) is 0 Å². The van der Waals surface area contributed by atoms with Crippen molar-refractivity contribution in [2.45, 2.75) is 19.8 Å². The Morgan fingerprint density at radius 1 is 0.962 bits per heavy atom. The van der Waals surface area contributed by atoms with Crippen LogP contribution in [0.15, 0.2) is 41.5 Å². The largest absolute Gasteiger partial charge is 0.493 e. The number of carbonyl (C=O) groups excluding carboxylic acids is 1. The second-order valence-electron chi connectivity index (χ2n) is 5.90. The number of ether oxygens (including phenoxy) is 3. The van der Waals surface area contributed by atoms with Gasteiger partial charge in [-0.05, 0) is 35.7 Å². The standard InChI is InChI=1S/C20H24N2O4/c1-13(2)14-6-8-15(9-7-14)20(23)22-21-12-16-10-11-17(24-3)19(26-5)18(16)25-4/h6-13H,1-5H3,(H,22,23). The molecule has 0 heterocycles. The molecule has 6 nitrogen and oxygen atoms in total. The van der Waals surface area contributed by atoms with Crippen LogP contribution in [-0.4, -0.2) is 33.5 Å². The van der Waals surface area contributed by atoms with Crippen molar-refractivity contribution < 1.29 is 19.0 Å². The molecule has 0 unspecified atom stereocenters. The smallest absolute Gasteiger partial charge is 0.271 e. The van der Waals surface area contributed by atoms with E-state index in [1.54, 1.807) is 31.4 Å². The lowest BCUT2D eigenvalue weighted by Gasteiger charge is -2.13. The molecule has 0 bridgehead atoms. The van der Waals surface area contributed by atoms with Crippen molar-refractivity contribution in [2.75, 3.05) is 21.3 Å². The Morgan fingerprint density at radius 3 is 2.15 bits per heavy atom. The molecule has 1 amide bonds. The average Bonchev–Trinajstić information content (AvgIpc) is 2.67. The van der Waals surface area contributed by atoms with Crippen molar-refractivity contribution in [3.63, 3.8) is 0 Å². The Morgan fingerprint density at radius 2 is 1.62 bits per heavy atom. The van der Waals surface area contributed by atoms with Crippen LogP contribution in [0.4, 0.5) is 0 Å². The summed E-state index contributed by atoms with van der Waals surface area (Å²) in [6, 6.07) is 11.0. The number of hydrazone groups is 1. The summed E-state index contributed by atoms with van der Waals surface area (Å²) in [5, 5.41) is 4.01. The van der Waals surface area contributed by atoms with Gasteiger partial charge in [-0.2, -0.15) is 5.10 Å². The SMILES string of the molecule is COc1ccc(C=NNC(=O)c2ccc(C(C)C)cc2)c(OC)c1OC. The lowest BCUT2D eigenvalue weighted by molar-refractivity contribution is 0.0955. The minimum Gasteiger partial charge on any atom is -0.493 e. The van der Waals surface area contributed by atoms with E-state index < -0.39 is 0 Å². The van der Waals surface area contributed by atoms with Crippen LogP contribution in [0.5, 0.6) is 17.2 Å². The summed E-state index contributed by atoms with van der Waals surface area (Å²) in [5.41, 5.74) is 4.90. The number of amides is 1. The maximum Gasteiger partial charge on any atom is 0.271 e. The molecule has 0 aliphatic carbocycles. The molecule has 2 aromatic rings. The molecule has 0 aromatic heterocycles. The van der Waals surface area contributed by atoms with Gasteiger partial charge >= 0.3 is 0 Å². The Balaban J connectivity index is 2.13. The first kappa shape index (κ1) is 19.3. The molecule has 0 atom stereocenters. The van der Waals surface area contributed by atoms with E-state index in [1.807, 2.05) is 12.1 Å². The highest BCUT2D eigenvalue weighted by Gasteiger charge is 2.14. The molecule has 26 heavy (non-hydrogen) atoms. The molecule has 0 aliphatic heterocycles. The summed E-state index contributed by atoms with van der Waals surface area (Å²) in [7, 11) is 4.61. The molecule has 0 spiro atoms. The molecule has 2 rings (SSSR count). The third-order valence-electron chi connectivity index (χ3n) is 3.94. The molecule has 0 aliphatic rings. The van der Waals surface area contributed by atoms with Gasteiger partial charge in [-0.15, -0.1) is 0 Å². The minimum atomic E-state index is -0.281. The molecule has 0 saturated heterocycles. The summed E-state index contributed by atoms with van der Waals surface area (Å²) in [6.45, 7) is 4.21. The van der Waals surface area contributed by atoms with Crippen molar-refractivity contribution in [2.24, 2.45) is 5.10 Å². The van der Waals surface area contributed by atoms with E-state index in [9.17, 15) is 4.79 Å². The van der Waals surface area contributed by atoms with Gasteiger partial charge in [0.2, 0.25) is 5.75 Å².